The number of isocyanates is 1. The van der Waals surface area contributed by atoms with Crippen LogP contribution in [0.3, 0.4) is 0 Å². The van der Waals surface area contributed by atoms with Crippen molar-refractivity contribution in [1.29, 1.82) is 0 Å². The highest BCUT2D eigenvalue weighted by atomic mass is 16.5. The van der Waals surface area contributed by atoms with E-state index in [1.54, 1.807) is 6.92 Å². The van der Waals surface area contributed by atoms with Crippen LogP contribution in [-0.2, 0) is 4.79 Å². The first-order chi connectivity index (χ1) is 5.77. The third-order valence-corrected chi connectivity index (χ3v) is 1.26. The molecule has 0 atom stereocenters. The fourth-order valence-corrected chi connectivity index (χ4v) is 0.672. The zero-order chi connectivity index (χ0) is 8.97. The van der Waals surface area contributed by atoms with E-state index >= 15 is 0 Å². The second kappa shape index (κ2) is 3.59. The number of nitrogens with zero attached hydrogens (tertiary/aromatic N) is 3. The number of aromatic nitrogens is 2. The molecule has 0 aliphatic carbocycles. The zero-order valence-corrected chi connectivity index (χ0v) is 6.74. The van der Waals surface area contributed by atoms with Crippen LogP contribution in [0.1, 0.15) is 5.56 Å². The number of carbonyl (C=O) groups excluding carboxylic acids is 1. The Balaban J connectivity index is 3.16. The molecule has 62 valence electrons. The van der Waals surface area contributed by atoms with Crippen LogP contribution < -0.4 is 4.74 Å². The van der Waals surface area contributed by atoms with Gasteiger partial charge in [0.15, 0.2) is 5.82 Å². The Morgan fingerprint density at radius 2 is 2.42 bits per heavy atom. The third kappa shape index (κ3) is 1.65. The van der Waals surface area contributed by atoms with Crippen molar-refractivity contribution in [3.8, 4) is 6.01 Å². The average molecular weight is 165 g/mol. The van der Waals surface area contributed by atoms with Gasteiger partial charge in [-0.25, -0.2) is 9.78 Å². The van der Waals surface area contributed by atoms with Crippen LogP contribution in [0.15, 0.2) is 11.2 Å². The first-order valence-electron chi connectivity index (χ1n) is 3.23. The Morgan fingerprint density at radius 3 is 3.00 bits per heavy atom. The predicted molar refractivity (Wildman–Crippen MR) is 41.1 cm³/mol. The molecular weight excluding hydrogens is 158 g/mol. The molecule has 0 amide bonds. The molecule has 0 aliphatic rings. The normalized spacial score (nSPS) is 8.83. The lowest BCUT2D eigenvalue weighted by molar-refractivity contribution is 0.380. The first-order valence-corrected chi connectivity index (χ1v) is 3.23. The Labute approximate surface area is 69.1 Å². The molecule has 1 rings (SSSR count). The number of aliphatic imine (C=N–C) groups is 1. The summed E-state index contributed by atoms with van der Waals surface area (Å²) in [6, 6.07) is 0.189. The molecule has 0 saturated heterocycles. The van der Waals surface area contributed by atoms with E-state index in [1.807, 2.05) is 0 Å². The van der Waals surface area contributed by atoms with E-state index in [1.165, 1.54) is 19.4 Å². The SMILES string of the molecule is COc1ncc(C)c(N=C=O)n1. The summed E-state index contributed by atoms with van der Waals surface area (Å²) in [7, 11) is 1.44. The molecule has 0 aromatic carbocycles. The van der Waals surface area contributed by atoms with Crippen molar-refractivity contribution in [2.24, 2.45) is 4.99 Å². The van der Waals surface area contributed by atoms with Crippen LogP contribution in [0.5, 0.6) is 6.01 Å². The van der Waals surface area contributed by atoms with Crippen molar-refractivity contribution in [2.45, 2.75) is 6.92 Å². The lowest BCUT2D eigenvalue weighted by atomic mass is 10.3. The highest BCUT2D eigenvalue weighted by Gasteiger charge is 2.01. The van der Waals surface area contributed by atoms with E-state index in [-0.39, 0.29) is 11.8 Å². The Kier molecular flexibility index (Phi) is 2.50. The fourth-order valence-electron chi connectivity index (χ4n) is 0.672. The van der Waals surface area contributed by atoms with Gasteiger partial charge in [-0.1, -0.05) is 0 Å². The minimum absolute atomic E-state index is 0.189. The molecule has 0 fully saturated rings. The number of hydrogen-bond donors (Lipinski definition) is 0. The molecule has 0 bridgehead atoms. The monoisotopic (exact) mass is 165 g/mol. The summed E-state index contributed by atoms with van der Waals surface area (Å²) in [5.41, 5.74) is 0.708. The molecule has 12 heavy (non-hydrogen) atoms. The van der Waals surface area contributed by atoms with Crippen molar-refractivity contribution in [1.82, 2.24) is 9.97 Å². The minimum Gasteiger partial charge on any atom is -0.467 e. The van der Waals surface area contributed by atoms with Crippen LogP contribution in [-0.4, -0.2) is 23.2 Å². The molecule has 0 unspecified atom stereocenters. The van der Waals surface area contributed by atoms with Gasteiger partial charge in [0.2, 0.25) is 6.08 Å². The zero-order valence-electron chi connectivity index (χ0n) is 6.74. The summed E-state index contributed by atoms with van der Waals surface area (Å²) in [5, 5.41) is 0. The van der Waals surface area contributed by atoms with Gasteiger partial charge in [-0.2, -0.15) is 4.98 Å². The lowest BCUT2D eigenvalue weighted by Gasteiger charge is -1.98. The van der Waals surface area contributed by atoms with E-state index in [0.29, 0.717) is 5.56 Å². The number of ether oxygens (including phenoxy) is 1. The topological polar surface area (TPSA) is 64.4 Å². The standard InChI is InChI=1S/C7H7N3O2/c1-5-3-8-7(12-2)10-6(5)9-4-11/h3H,1-2H3. The van der Waals surface area contributed by atoms with Crippen LogP contribution in [0.4, 0.5) is 5.82 Å². The van der Waals surface area contributed by atoms with Gasteiger partial charge in [0.25, 0.3) is 0 Å². The van der Waals surface area contributed by atoms with Crippen molar-refractivity contribution >= 4 is 11.9 Å². The Hall–Kier alpha value is -1.74. The summed E-state index contributed by atoms with van der Waals surface area (Å²) < 4.78 is 4.74. The van der Waals surface area contributed by atoms with Gasteiger partial charge in [-0.05, 0) is 6.92 Å². The number of rotatable bonds is 2. The van der Waals surface area contributed by atoms with Crippen LogP contribution in [0.25, 0.3) is 0 Å². The van der Waals surface area contributed by atoms with Gasteiger partial charge in [0.1, 0.15) is 0 Å². The van der Waals surface area contributed by atoms with Gasteiger partial charge in [0.05, 0.1) is 7.11 Å². The molecule has 1 aromatic heterocycles. The van der Waals surface area contributed by atoms with Crippen molar-refractivity contribution in [3.05, 3.63) is 11.8 Å². The third-order valence-electron chi connectivity index (χ3n) is 1.26. The van der Waals surface area contributed by atoms with E-state index < -0.39 is 0 Å². The van der Waals surface area contributed by atoms with E-state index in [9.17, 15) is 4.79 Å². The number of methoxy groups -OCH3 is 1. The smallest absolute Gasteiger partial charge is 0.318 e. The maximum absolute atomic E-state index is 9.93. The minimum atomic E-state index is 0.189. The van der Waals surface area contributed by atoms with Crippen molar-refractivity contribution in [2.75, 3.05) is 7.11 Å². The van der Waals surface area contributed by atoms with Crippen LogP contribution in [0.2, 0.25) is 0 Å². The second-order valence-electron chi connectivity index (χ2n) is 2.07. The quantitative estimate of drug-likeness (QED) is 0.479. The summed E-state index contributed by atoms with van der Waals surface area (Å²) in [5.74, 6) is 0.289. The van der Waals surface area contributed by atoms with Gasteiger partial charge < -0.3 is 4.74 Å². The van der Waals surface area contributed by atoms with Gasteiger partial charge in [-0.15, -0.1) is 4.99 Å². The van der Waals surface area contributed by atoms with E-state index in [2.05, 4.69) is 15.0 Å². The Bertz CT molecular complexity index is 331. The molecule has 0 saturated carbocycles. The lowest BCUT2D eigenvalue weighted by Crippen LogP contribution is -1.92. The molecule has 5 heteroatoms. The van der Waals surface area contributed by atoms with Gasteiger partial charge in [-0.3, -0.25) is 0 Å². The van der Waals surface area contributed by atoms with Gasteiger partial charge in [0, 0.05) is 11.8 Å². The first kappa shape index (κ1) is 8.36. The van der Waals surface area contributed by atoms with Gasteiger partial charge >= 0.3 is 6.01 Å². The molecular formula is C7H7N3O2. The molecule has 0 radical (unpaired) electrons. The maximum Gasteiger partial charge on any atom is 0.318 e. The largest absolute Gasteiger partial charge is 0.467 e. The van der Waals surface area contributed by atoms with Crippen molar-refractivity contribution < 1.29 is 9.53 Å². The molecule has 0 aliphatic heterocycles. The molecule has 1 aromatic rings. The summed E-state index contributed by atoms with van der Waals surface area (Å²) in [6.07, 6.45) is 2.94. The average Bonchev–Trinajstić information content (AvgIpc) is 2.09. The fraction of sp³-hybridized carbons (Fsp3) is 0.286. The number of hydrogen-bond acceptors (Lipinski definition) is 5. The number of aryl methyl sites for hydroxylation is 1. The molecule has 0 spiro atoms. The predicted octanol–water partition coefficient (Wildman–Crippen LogP) is 0.761. The second-order valence-corrected chi connectivity index (χ2v) is 2.07. The summed E-state index contributed by atoms with van der Waals surface area (Å²) >= 11 is 0. The van der Waals surface area contributed by atoms with E-state index in [0.717, 1.165) is 0 Å². The summed E-state index contributed by atoms with van der Waals surface area (Å²) in [6.45, 7) is 1.75. The van der Waals surface area contributed by atoms with Crippen LogP contribution in [0, 0.1) is 6.92 Å². The molecule has 5 nitrogen and oxygen atoms in total. The maximum atomic E-state index is 9.93. The van der Waals surface area contributed by atoms with Crippen molar-refractivity contribution in [3.63, 3.8) is 0 Å². The van der Waals surface area contributed by atoms with Crippen LogP contribution >= 0.6 is 0 Å². The highest BCUT2D eigenvalue weighted by molar-refractivity contribution is 5.47. The molecule has 0 N–H and O–H groups in total. The highest BCUT2D eigenvalue weighted by Crippen LogP contribution is 2.15. The molecule has 1 heterocycles. The Morgan fingerprint density at radius 1 is 1.67 bits per heavy atom. The van der Waals surface area contributed by atoms with E-state index in [4.69, 9.17) is 4.74 Å². The summed E-state index contributed by atoms with van der Waals surface area (Å²) in [4.78, 5) is 20.9.